The molecule has 2 amide bonds. The van der Waals surface area contributed by atoms with Crippen molar-refractivity contribution in [1.82, 2.24) is 16.2 Å². The first-order valence-corrected chi connectivity index (χ1v) is 15.5. The minimum atomic E-state index is -0.195. The van der Waals surface area contributed by atoms with Gasteiger partial charge in [-0.25, -0.2) is 10.2 Å². The first-order valence-electron chi connectivity index (χ1n) is 14.3. The summed E-state index contributed by atoms with van der Waals surface area (Å²) in [5, 5.41) is 12.1. The lowest BCUT2D eigenvalue weighted by Crippen LogP contribution is -2.44. The van der Waals surface area contributed by atoms with Crippen LogP contribution in [0.2, 0.25) is 0 Å². The lowest BCUT2D eigenvalue weighted by Gasteiger charge is -2.09. The average Bonchev–Trinajstić information content (AvgIpc) is 2.86. The van der Waals surface area contributed by atoms with Gasteiger partial charge in [0.2, 0.25) is 0 Å². The molecule has 6 heteroatoms. The highest BCUT2D eigenvalue weighted by atomic mass is 32.2. The molecule has 1 aromatic rings. The SMILES string of the molecule is CCCCCCCCCCSCCCCCCCCCCCNC(=O)NNCc1ccc(O)cc1. The number of unbranched alkanes of at least 4 members (excludes halogenated alkanes) is 15. The zero-order valence-corrected chi connectivity index (χ0v) is 23.2. The first kappa shape index (κ1) is 31.6. The van der Waals surface area contributed by atoms with Gasteiger partial charge in [-0.05, 0) is 48.5 Å². The van der Waals surface area contributed by atoms with Crippen LogP contribution in [0.25, 0.3) is 0 Å². The van der Waals surface area contributed by atoms with Gasteiger partial charge in [0.05, 0.1) is 0 Å². The standard InChI is InChI=1S/C29H53N3O2S/c1-2-3-4-5-6-11-14-17-24-35-25-18-15-12-9-7-8-10-13-16-23-30-29(34)32-31-26-27-19-21-28(33)22-20-27/h19-22,31,33H,2-18,23-26H2,1H3,(H2,30,32,34). The Morgan fingerprint density at radius 1 is 0.714 bits per heavy atom. The number of hydrogen-bond acceptors (Lipinski definition) is 4. The Bertz CT molecular complexity index is 598. The van der Waals surface area contributed by atoms with Gasteiger partial charge in [-0.15, -0.1) is 0 Å². The fourth-order valence-corrected chi connectivity index (χ4v) is 5.11. The van der Waals surface area contributed by atoms with Crippen LogP contribution < -0.4 is 16.2 Å². The highest BCUT2D eigenvalue weighted by Gasteiger charge is 2.00. The molecule has 5 nitrogen and oxygen atoms in total. The Hall–Kier alpha value is -1.40. The van der Waals surface area contributed by atoms with E-state index in [4.69, 9.17) is 0 Å². The van der Waals surface area contributed by atoms with Gasteiger partial charge in [-0.2, -0.15) is 11.8 Å². The summed E-state index contributed by atoms with van der Waals surface area (Å²) < 4.78 is 0. The van der Waals surface area contributed by atoms with Gasteiger partial charge >= 0.3 is 6.03 Å². The smallest absolute Gasteiger partial charge is 0.329 e. The predicted octanol–water partition coefficient (Wildman–Crippen LogP) is 8.08. The summed E-state index contributed by atoms with van der Waals surface area (Å²) >= 11 is 2.16. The van der Waals surface area contributed by atoms with Crippen LogP contribution in [0.3, 0.4) is 0 Å². The normalized spacial score (nSPS) is 11.0. The number of hydrogen-bond donors (Lipinski definition) is 4. The lowest BCUT2D eigenvalue weighted by molar-refractivity contribution is 0.236. The van der Waals surface area contributed by atoms with Crippen LogP contribution in [0.1, 0.15) is 122 Å². The van der Waals surface area contributed by atoms with E-state index in [0.29, 0.717) is 13.1 Å². The van der Waals surface area contributed by atoms with Gasteiger partial charge in [0, 0.05) is 13.1 Å². The van der Waals surface area contributed by atoms with Crippen LogP contribution in [-0.2, 0) is 6.54 Å². The summed E-state index contributed by atoms with van der Waals surface area (Å²) in [4.78, 5) is 11.8. The number of carbonyl (C=O) groups excluding carboxylic acids is 1. The summed E-state index contributed by atoms with van der Waals surface area (Å²) in [7, 11) is 0. The van der Waals surface area contributed by atoms with Crippen LogP contribution >= 0.6 is 11.8 Å². The minimum Gasteiger partial charge on any atom is -0.508 e. The number of thioether (sulfide) groups is 1. The Balaban J connectivity index is 1.72. The summed E-state index contributed by atoms with van der Waals surface area (Å²) in [6, 6.07) is 6.72. The summed E-state index contributed by atoms with van der Waals surface area (Å²) in [5.74, 6) is 2.96. The van der Waals surface area contributed by atoms with Crippen LogP contribution in [0, 0.1) is 0 Å². The van der Waals surface area contributed by atoms with E-state index in [1.807, 2.05) is 12.1 Å². The number of phenolic OH excluding ortho intramolecular Hbond substituents is 1. The Labute approximate surface area is 220 Å². The molecule has 0 aliphatic rings. The maximum atomic E-state index is 11.8. The fraction of sp³-hybridized carbons (Fsp3) is 0.759. The fourth-order valence-electron chi connectivity index (χ4n) is 4.09. The minimum absolute atomic E-state index is 0.195. The topological polar surface area (TPSA) is 73.4 Å². The van der Waals surface area contributed by atoms with E-state index in [9.17, 15) is 9.90 Å². The van der Waals surface area contributed by atoms with E-state index in [2.05, 4.69) is 34.9 Å². The molecule has 0 fully saturated rings. The number of phenols is 1. The maximum Gasteiger partial charge on any atom is 0.329 e. The summed E-state index contributed by atoms with van der Waals surface area (Å²) in [6.07, 6.45) is 23.0. The summed E-state index contributed by atoms with van der Waals surface area (Å²) in [6.45, 7) is 3.52. The number of urea groups is 1. The van der Waals surface area contributed by atoms with Crippen molar-refractivity contribution in [2.45, 2.75) is 123 Å². The second-order valence-electron chi connectivity index (χ2n) is 9.67. The molecule has 1 rings (SSSR count). The van der Waals surface area contributed by atoms with Crippen molar-refractivity contribution in [3.8, 4) is 5.75 Å². The molecule has 0 aliphatic carbocycles. The van der Waals surface area contributed by atoms with Crippen molar-refractivity contribution in [3.63, 3.8) is 0 Å². The molecule has 0 unspecified atom stereocenters. The van der Waals surface area contributed by atoms with E-state index in [0.717, 1.165) is 12.0 Å². The van der Waals surface area contributed by atoms with Crippen molar-refractivity contribution in [3.05, 3.63) is 29.8 Å². The monoisotopic (exact) mass is 507 g/mol. The van der Waals surface area contributed by atoms with Crippen molar-refractivity contribution >= 4 is 17.8 Å². The van der Waals surface area contributed by atoms with Gasteiger partial charge in [0.1, 0.15) is 5.75 Å². The molecule has 0 atom stereocenters. The molecule has 1 aromatic carbocycles. The molecule has 0 radical (unpaired) electrons. The van der Waals surface area contributed by atoms with Crippen LogP contribution in [0.5, 0.6) is 5.75 Å². The van der Waals surface area contributed by atoms with Crippen molar-refractivity contribution in [2.24, 2.45) is 0 Å². The largest absolute Gasteiger partial charge is 0.508 e. The molecule has 0 heterocycles. The third-order valence-corrected chi connectivity index (χ3v) is 7.48. The van der Waals surface area contributed by atoms with E-state index < -0.39 is 0 Å². The first-order chi connectivity index (χ1) is 17.2. The van der Waals surface area contributed by atoms with Gasteiger partial charge < -0.3 is 10.4 Å². The molecule has 0 saturated carbocycles. The van der Waals surface area contributed by atoms with E-state index in [1.54, 1.807) is 12.1 Å². The Morgan fingerprint density at radius 3 is 1.74 bits per heavy atom. The Morgan fingerprint density at radius 2 is 1.20 bits per heavy atom. The molecular formula is C29H53N3O2S. The number of carbonyl (C=O) groups is 1. The van der Waals surface area contributed by atoms with Crippen LogP contribution in [0.4, 0.5) is 4.79 Å². The maximum absolute atomic E-state index is 11.8. The molecule has 35 heavy (non-hydrogen) atoms. The molecule has 0 aliphatic heterocycles. The number of hydrazine groups is 1. The number of benzene rings is 1. The van der Waals surface area contributed by atoms with Crippen molar-refractivity contribution in [1.29, 1.82) is 0 Å². The predicted molar refractivity (Wildman–Crippen MR) is 153 cm³/mol. The van der Waals surface area contributed by atoms with Gasteiger partial charge in [-0.1, -0.05) is 109 Å². The van der Waals surface area contributed by atoms with E-state index in [1.165, 1.54) is 114 Å². The quantitative estimate of drug-likeness (QED) is 0.0843. The zero-order valence-electron chi connectivity index (χ0n) is 22.4. The van der Waals surface area contributed by atoms with Gasteiger partial charge in [0.25, 0.3) is 0 Å². The van der Waals surface area contributed by atoms with Gasteiger partial charge in [-0.3, -0.25) is 5.43 Å². The molecular weight excluding hydrogens is 454 g/mol. The Kier molecular flexibility index (Phi) is 22.0. The molecule has 0 aromatic heterocycles. The van der Waals surface area contributed by atoms with E-state index >= 15 is 0 Å². The van der Waals surface area contributed by atoms with Crippen molar-refractivity contribution < 1.29 is 9.90 Å². The number of nitrogens with one attached hydrogen (secondary N) is 3. The van der Waals surface area contributed by atoms with Crippen LogP contribution in [-0.4, -0.2) is 29.2 Å². The third-order valence-electron chi connectivity index (χ3n) is 6.32. The second kappa shape index (κ2) is 24.3. The zero-order chi connectivity index (χ0) is 25.2. The molecule has 0 bridgehead atoms. The number of aromatic hydroxyl groups is 1. The van der Waals surface area contributed by atoms with E-state index in [-0.39, 0.29) is 11.8 Å². The molecule has 202 valence electrons. The molecule has 4 N–H and O–H groups in total. The average molecular weight is 508 g/mol. The highest BCUT2D eigenvalue weighted by Crippen LogP contribution is 2.14. The number of amides is 2. The van der Waals surface area contributed by atoms with Gasteiger partial charge in [0.15, 0.2) is 0 Å². The third kappa shape index (κ3) is 21.6. The number of rotatable bonds is 24. The lowest BCUT2D eigenvalue weighted by atomic mass is 10.1. The summed E-state index contributed by atoms with van der Waals surface area (Å²) in [5.41, 5.74) is 6.53. The molecule has 0 spiro atoms. The van der Waals surface area contributed by atoms with Crippen LogP contribution in [0.15, 0.2) is 24.3 Å². The van der Waals surface area contributed by atoms with Crippen molar-refractivity contribution in [2.75, 3.05) is 18.1 Å². The second-order valence-corrected chi connectivity index (χ2v) is 10.9. The highest BCUT2D eigenvalue weighted by molar-refractivity contribution is 7.99. The molecule has 0 saturated heterocycles.